The molecule has 18 heavy (non-hydrogen) atoms. The molecule has 1 aromatic rings. The van der Waals surface area contributed by atoms with Gasteiger partial charge in [-0.15, -0.1) is 0 Å². The van der Waals surface area contributed by atoms with Crippen LogP contribution in [0.4, 0.5) is 0 Å². The topological polar surface area (TPSA) is 75.1 Å². The molecular formula is C11H16ClN3O2S. The van der Waals surface area contributed by atoms with Crippen LogP contribution in [0.25, 0.3) is 0 Å². The zero-order valence-electron chi connectivity index (χ0n) is 10.5. The van der Waals surface area contributed by atoms with Crippen LogP contribution in [-0.4, -0.2) is 39.4 Å². The maximum absolute atomic E-state index is 12.0. The highest BCUT2D eigenvalue weighted by molar-refractivity contribution is 7.98. The van der Waals surface area contributed by atoms with Crippen molar-refractivity contribution in [1.82, 2.24) is 15.3 Å². The summed E-state index contributed by atoms with van der Waals surface area (Å²) in [4.78, 5) is 20.1. The number of thioether (sulfide) groups is 1. The summed E-state index contributed by atoms with van der Waals surface area (Å²) >= 11 is 7.25. The number of amides is 1. The normalized spacial score (nSPS) is 11.4. The Morgan fingerprint density at radius 1 is 1.61 bits per heavy atom. The fourth-order valence-corrected chi connectivity index (χ4v) is 1.83. The third-order valence-corrected chi connectivity index (χ3v) is 3.15. The fraction of sp³-hybridized carbons (Fsp3) is 0.545. The maximum atomic E-state index is 12.0. The predicted molar refractivity (Wildman–Crippen MR) is 72.1 cm³/mol. The van der Waals surface area contributed by atoms with Gasteiger partial charge in [-0.25, -0.2) is 9.97 Å². The third kappa shape index (κ3) is 4.12. The lowest BCUT2D eigenvalue weighted by atomic mass is 10.0. The van der Waals surface area contributed by atoms with Gasteiger partial charge in [0.15, 0.2) is 10.9 Å². The number of rotatable bonds is 5. The van der Waals surface area contributed by atoms with E-state index in [0.29, 0.717) is 11.6 Å². The molecular weight excluding hydrogens is 274 g/mol. The molecule has 0 unspecified atom stereocenters. The van der Waals surface area contributed by atoms with Crippen molar-refractivity contribution in [1.29, 1.82) is 0 Å². The van der Waals surface area contributed by atoms with Gasteiger partial charge in [0.05, 0.1) is 11.2 Å². The molecule has 0 saturated carbocycles. The minimum Gasteiger partial charge on any atom is -0.396 e. The van der Waals surface area contributed by atoms with Gasteiger partial charge in [-0.05, 0) is 26.5 Å². The highest BCUT2D eigenvalue weighted by Gasteiger charge is 2.23. The van der Waals surface area contributed by atoms with Crippen molar-refractivity contribution >= 4 is 29.3 Å². The van der Waals surface area contributed by atoms with Crippen molar-refractivity contribution in [2.75, 3.05) is 12.9 Å². The van der Waals surface area contributed by atoms with Gasteiger partial charge in [-0.1, -0.05) is 23.4 Å². The second kappa shape index (κ2) is 6.36. The van der Waals surface area contributed by atoms with Crippen molar-refractivity contribution in [2.24, 2.45) is 0 Å². The number of aliphatic hydroxyl groups excluding tert-OH is 1. The molecule has 1 heterocycles. The Morgan fingerprint density at radius 3 is 2.83 bits per heavy atom. The SMILES string of the molecule is CSc1ncc(Cl)c(C(=O)NC(C)(C)CCO)n1. The zero-order valence-corrected chi connectivity index (χ0v) is 12.1. The van der Waals surface area contributed by atoms with Gasteiger partial charge in [0.2, 0.25) is 0 Å². The van der Waals surface area contributed by atoms with E-state index in [0.717, 1.165) is 0 Å². The van der Waals surface area contributed by atoms with Gasteiger partial charge < -0.3 is 10.4 Å². The monoisotopic (exact) mass is 289 g/mol. The molecule has 100 valence electrons. The number of aromatic nitrogens is 2. The first-order chi connectivity index (χ1) is 8.39. The highest BCUT2D eigenvalue weighted by Crippen LogP contribution is 2.18. The van der Waals surface area contributed by atoms with E-state index in [4.69, 9.17) is 16.7 Å². The third-order valence-electron chi connectivity index (χ3n) is 2.31. The molecule has 5 nitrogen and oxygen atoms in total. The molecule has 0 atom stereocenters. The molecule has 2 N–H and O–H groups in total. The van der Waals surface area contributed by atoms with Crippen molar-refractivity contribution in [3.05, 3.63) is 16.9 Å². The lowest BCUT2D eigenvalue weighted by Gasteiger charge is -2.25. The fourth-order valence-electron chi connectivity index (χ4n) is 1.32. The van der Waals surface area contributed by atoms with Crippen LogP contribution in [0.2, 0.25) is 5.02 Å². The van der Waals surface area contributed by atoms with E-state index in [1.165, 1.54) is 18.0 Å². The average Bonchev–Trinajstić information content (AvgIpc) is 2.28. The van der Waals surface area contributed by atoms with Crippen LogP contribution in [0, 0.1) is 0 Å². The summed E-state index contributed by atoms with van der Waals surface area (Å²) in [6, 6.07) is 0. The molecule has 0 saturated heterocycles. The molecule has 1 amide bonds. The van der Waals surface area contributed by atoms with Crippen LogP contribution in [0.15, 0.2) is 11.4 Å². The van der Waals surface area contributed by atoms with Gasteiger partial charge in [0, 0.05) is 12.1 Å². The zero-order chi connectivity index (χ0) is 13.8. The number of nitrogens with one attached hydrogen (secondary N) is 1. The molecule has 0 aliphatic carbocycles. The van der Waals surface area contributed by atoms with Crippen LogP contribution < -0.4 is 5.32 Å². The molecule has 1 aromatic heterocycles. The molecule has 0 spiro atoms. The lowest BCUT2D eigenvalue weighted by molar-refractivity contribution is 0.0893. The minimum absolute atomic E-state index is 0.000841. The Kier molecular flexibility index (Phi) is 5.37. The van der Waals surface area contributed by atoms with E-state index in [9.17, 15) is 4.79 Å². The van der Waals surface area contributed by atoms with Gasteiger partial charge in [-0.3, -0.25) is 4.79 Å². The first kappa shape index (κ1) is 15.2. The summed E-state index contributed by atoms with van der Waals surface area (Å²) in [5.74, 6) is -0.365. The predicted octanol–water partition coefficient (Wildman–Crippen LogP) is 1.74. The molecule has 0 fully saturated rings. The Hall–Kier alpha value is -0.850. The number of hydrogen-bond donors (Lipinski definition) is 2. The Bertz CT molecular complexity index is 440. The van der Waals surface area contributed by atoms with Crippen LogP contribution in [0.5, 0.6) is 0 Å². The molecule has 0 aliphatic rings. The van der Waals surface area contributed by atoms with E-state index in [2.05, 4.69) is 15.3 Å². The van der Waals surface area contributed by atoms with Crippen LogP contribution in [-0.2, 0) is 0 Å². The maximum Gasteiger partial charge on any atom is 0.272 e. The van der Waals surface area contributed by atoms with Crippen LogP contribution in [0.1, 0.15) is 30.8 Å². The summed E-state index contributed by atoms with van der Waals surface area (Å²) in [7, 11) is 0. The van der Waals surface area contributed by atoms with Crippen molar-refractivity contribution in [2.45, 2.75) is 31.0 Å². The largest absolute Gasteiger partial charge is 0.396 e. The summed E-state index contributed by atoms with van der Waals surface area (Å²) < 4.78 is 0. The molecule has 0 radical (unpaired) electrons. The Balaban J connectivity index is 2.90. The van der Waals surface area contributed by atoms with Crippen molar-refractivity contribution < 1.29 is 9.90 Å². The van der Waals surface area contributed by atoms with E-state index >= 15 is 0 Å². The average molecular weight is 290 g/mol. The van der Waals surface area contributed by atoms with Gasteiger partial charge in [-0.2, -0.15) is 0 Å². The van der Waals surface area contributed by atoms with Crippen LogP contribution in [0.3, 0.4) is 0 Å². The van der Waals surface area contributed by atoms with Gasteiger partial charge in [0.1, 0.15) is 0 Å². The standard InChI is InChI=1S/C11H16ClN3O2S/c1-11(2,4-5-16)15-9(17)8-7(12)6-13-10(14-8)18-3/h6,16H,4-5H2,1-3H3,(H,15,17). The quantitative estimate of drug-likeness (QED) is 0.638. The first-order valence-corrected chi connectivity index (χ1v) is 7.00. The van der Waals surface area contributed by atoms with Crippen molar-refractivity contribution in [3.63, 3.8) is 0 Å². The first-order valence-electron chi connectivity index (χ1n) is 5.39. The summed E-state index contributed by atoms with van der Waals surface area (Å²) in [6.45, 7) is 3.65. The second-order valence-corrected chi connectivity index (χ2v) is 5.55. The smallest absolute Gasteiger partial charge is 0.272 e. The Morgan fingerprint density at radius 2 is 2.28 bits per heavy atom. The van der Waals surface area contributed by atoms with Crippen LogP contribution >= 0.6 is 23.4 Å². The number of carbonyl (C=O) groups is 1. The van der Waals surface area contributed by atoms with E-state index in [1.54, 1.807) is 0 Å². The number of hydrogen-bond acceptors (Lipinski definition) is 5. The van der Waals surface area contributed by atoms with Gasteiger partial charge >= 0.3 is 0 Å². The number of carbonyl (C=O) groups excluding carboxylic acids is 1. The molecule has 7 heteroatoms. The van der Waals surface area contributed by atoms with Crippen molar-refractivity contribution in [3.8, 4) is 0 Å². The second-order valence-electron chi connectivity index (χ2n) is 4.36. The lowest BCUT2D eigenvalue weighted by Crippen LogP contribution is -2.44. The summed E-state index contributed by atoms with van der Waals surface area (Å²) in [5.41, 5.74) is -0.360. The molecule has 1 rings (SSSR count). The van der Waals surface area contributed by atoms with E-state index in [-0.39, 0.29) is 23.2 Å². The van der Waals surface area contributed by atoms with E-state index < -0.39 is 5.54 Å². The molecule has 0 aromatic carbocycles. The summed E-state index contributed by atoms with van der Waals surface area (Å²) in [5, 5.41) is 12.4. The Labute approximate surface area is 115 Å². The number of halogens is 1. The van der Waals surface area contributed by atoms with E-state index in [1.807, 2.05) is 20.1 Å². The molecule has 0 bridgehead atoms. The minimum atomic E-state index is -0.514. The number of nitrogens with zero attached hydrogens (tertiary/aromatic N) is 2. The number of aliphatic hydroxyl groups is 1. The van der Waals surface area contributed by atoms with Gasteiger partial charge in [0.25, 0.3) is 5.91 Å². The molecule has 0 aliphatic heterocycles. The summed E-state index contributed by atoms with van der Waals surface area (Å²) in [6.07, 6.45) is 3.69. The highest BCUT2D eigenvalue weighted by atomic mass is 35.5.